The number of hydrogen-bond donors (Lipinski definition) is 1. The zero-order valence-electron chi connectivity index (χ0n) is 12.0. The van der Waals surface area contributed by atoms with Crippen molar-refractivity contribution < 1.29 is 4.74 Å². The van der Waals surface area contributed by atoms with Crippen LogP contribution in [-0.2, 0) is 13.5 Å². The van der Waals surface area contributed by atoms with Gasteiger partial charge >= 0.3 is 0 Å². The highest BCUT2D eigenvalue weighted by molar-refractivity contribution is 5.72. The summed E-state index contributed by atoms with van der Waals surface area (Å²) in [6, 6.07) is 4.24. The van der Waals surface area contributed by atoms with E-state index < -0.39 is 0 Å². The van der Waals surface area contributed by atoms with Crippen LogP contribution in [0.2, 0.25) is 0 Å². The smallest absolute Gasteiger partial charge is 0.131 e. The summed E-state index contributed by atoms with van der Waals surface area (Å²) in [7, 11) is 3.70. The van der Waals surface area contributed by atoms with E-state index in [1.165, 1.54) is 5.56 Å². The van der Waals surface area contributed by atoms with Gasteiger partial charge < -0.3 is 15.0 Å². The van der Waals surface area contributed by atoms with Crippen molar-refractivity contribution in [1.29, 1.82) is 0 Å². The van der Waals surface area contributed by atoms with Gasteiger partial charge in [-0.3, -0.25) is 0 Å². The first-order valence-corrected chi connectivity index (χ1v) is 6.44. The van der Waals surface area contributed by atoms with Gasteiger partial charge in [0.15, 0.2) is 0 Å². The van der Waals surface area contributed by atoms with Crippen molar-refractivity contribution in [2.45, 2.75) is 20.3 Å². The van der Waals surface area contributed by atoms with Gasteiger partial charge in [-0.1, -0.05) is 6.07 Å². The van der Waals surface area contributed by atoms with Crippen LogP contribution in [0.3, 0.4) is 0 Å². The Hall–Kier alpha value is -1.81. The lowest BCUT2D eigenvalue weighted by Gasteiger charge is -2.13. The summed E-state index contributed by atoms with van der Waals surface area (Å²) in [5, 5.41) is 0. The molecule has 0 aliphatic rings. The largest absolute Gasteiger partial charge is 0.496 e. The van der Waals surface area contributed by atoms with E-state index in [9.17, 15) is 0 Å². The van der Waals surface area contributed by atoms with Crippen LogP contribution in [0.25, 0.3) is 11.3 Å². The maximum Gasteiger partial charge on any atom is 0.131 e. The Labute approximate surface area is 114 Å². The Morgan fingerprint density at radius 1 is 1.32 bits per heavy atom. The van der Waals surface area contributed by atoms with E-state index in [-0.39, 0.29) is 0 Å². The molecule has 0 saturated carbocycles. The number of aryl methyl sites for hydroxylation is 3. The number of nitrogens with zero attached hydrogens (tertiary/aromatic N) is 2. The molecule has 0 unspecified atom stereocenters. The van der Waals surface area contributed by atoms with Crippen LogP contribution in [0.1, 0.15) is 16.8 Å². The fraction of sp³-hybridized carbons (Fsp3) is 0.400. The summed E-state index contributed by atoms with van der Waals surface area (Å²) in [4.78, 5) is 4.52. The SMILES string of the molecule is COc1c(C)cc(C)cc1-c1ncn(C)c1CCN. The molecule has 1 aromatic heterocycles. The Morgan fingerprint density at radius 3 is 2.68 bits per heavy atom. The molecule has 1 heterocycles. The summed E-state index contributed by atoms with van der Waals surface area (Å²) in [5.41, 5.74) is 11.2. The maximum atomic E-state index is 5.69. The molecule has 19 heavy (non-hydrogen) atoms. The summed E-state index contributed by atoms with van der Waals surface area (Å²) >= 11 is 0. The first kappa shape index (κ1) is 13.6. The van der Waals surface area contributed by atoms with Crippen molar-refractivity contribution >= 4 is 0 Å². The van der Waals surface area contributed by atoms with Crippen LogP contribution >= 0.6 is 0 Å². The molecule has 2 aromatic rings. The Kier molecular flexibility index (Phi) is 3.90. The number of methoxy groups -OCH3 is 1. The second kappa shape index (κ2) is 5.45. The minimum Gasteiger partial charge on any atom is -0.496 e. The number of imidazole rings is 1. The van der Waals surface area contributed by atoms with Crippen LogP contribution < -0.4 is 10.5 Å². The number of rotatable bonds is 4. The summed E-state index contributed by atoms with van der Waals surface area (Å²) in [6.07, 6.45) is 2.64. The van der Waals surface area contributed by atoms with Gasteiger partial charge in [0.05, 0.1) is 19.1 Å². The molecule has 0 aliphatic heterocycles. The van der Waals surface area contributed by atoms with E-state index in [1.54, 1.807) is 7.11 Å². The van der Waals surface area contributed by atoms with Gasteiger partial charge in [-0.25, -0.2) is 4.98 Å². The van der Waals surface area contributed by atoms with Gasteiger partial charge in [-0.15, -0.1) is 0 Å². The van der Waals surface area contributed by atoms with Gasteiger partial charge in [0, 0.05) is 24.7 Å². The number of aromatic nitrogens is 2. The van der Waals surface area contributed by atoms with E-state index in [0.29, 0.717) is 6.54 Å². The molecule has 0 spiro atoms. The summed E-state index contributed by atoms with van der Waals surface area (Å²) in [6.45, 7) is 4.75. The first-order valence-electron chi connectivity index (χ1n) is 6.44. The highest BCUT2D eigenvalue weighted by Gasteiger charge is 2.16. The van der Waals surface area contributed by atoms with E-state index >= 15 is 0 Å². The molecular weight excluding hydrogens is 238 g/mol. The predicted octanol–water partition coefficient (Wildman–Crippen LogP) is 2.21. The Morgan fingerprint density at radius 2 is 2.05 bits per heavy atom. The summed E-state index contributed by atoms with van der Waals surface area (Å²) in [5.74, 6) is 0.891. The van der Waals surface area contributed by atoms with E-state index in [4.69, 9.17) is 10.5 Å². The van der Waals surface area contributed by atoms with Crippen LogP contribution in [0.15, 0.2) is 18.5 Å². The van der Waals surface area contributed by atoms with Crippen molar-refractivity contribution in [3.63, 3.8) is 0 Å². The number of hydrogen-bond acceptors (Lipinski definition) is 3. The highest BCUT2D eigenvalue weighted by atomic mass is 16.5. The van der Waals surface area contributed by atoms with Crippen LogP contribution in [-0.4, -0.2) is 23.2 Å². The molecule has 0 fully saturated rings. The van der Waals surface area contributed by atoms with Crippen molar-refractivity contribution in [2.75, 3.05) is 13.7 Å². The Balaban J connectivity index is 2.64. The molecule has 4 heteroatoms. The van der Waals surface area contributed by atoms with Gasteiger partial charge in [-0.2, -0.15) is 0 Å². The summed E-state index contributed by atoms with van der Waals surface area (Å²) < 4.78 is 7.57. The molecule has 2 N–H and O–H groups in total. The minimum atomic E-state index is 0.611. The lowest BCUT2D eigenvalue weighted by molar-refractivity contribution is 0.413. The van der Waals surface area contributed by atoms with E-state index in [0.717, 1.165) is 34.7 Å². The molecule has 4 nitrogen and oxygen atoms in total. The van der Waals surface area contributed by atoms with Crippen molar-refractivity contribution in [3.8, 4) is 17.0 Å². The molecule has 102 valence electrons. The molecule has 0 saturated heterocycles. The number of nitrogens with two attached hydrogens (primary N) is 1. The lowest BCUT2D eigenvalue weighted by atomic mass is 10.0. The molecule has 0 bridgehead atoms. The highest BCUT2D eigenvalue weighted by Crippen LogP contribution is 2.35. The van der Waals surface area contributed by atoms with Crippen LogP contribution in [0.4, 0.5) is 0 Å². The van der Waals surface area contributed by atoms with E-state index in [1.807, 2.05) is 17.9 Å². The molecule has 0 radical (unpaired) electrons. The Bertz CT molecular complexity index is 587. The second-order valence-electron chi connectivity index (χ2n) is 4.85. The minimum absolute atomic E-state index is 0.611. The van der Waals surface area contributed by atoms with Crippen LogP contribution in [0, 0.1) is 13.8 Å². The fourth-order valence-corrected chi connectivity index (χ4v) is 2.51. The van der Waals surface area contributed by atoms with Crippen molar-refractivity contribution in [1.82, 2.24) is 9.55 Å². The van der Waals surface area contributed by atoms with Gasteiger partial charge in [0.1, 0.15) is 5.75 Å². The zero-order chi connectivity index (χ0) is 14.0. The maximum absolute atomic E-state index is 5.69. The molecule has 0 atom stereocenters. The standard InChI is InChI=1S/C15H21N3O/c1-10-7-11(2)15(19-4)12(8-10)14-13(5-6-16)18(3)9-17-14/h7-9H,5-6,16H2,1-4H3. The third-order valence-corrected chi connectivity index (χ3v) is 3.32. The van der Waals surface area contributed by atoms with Gasteiger partial charge in [-0.05, 0) is 37.6 Å². The monoisotopic (exact) mass is 259 g/mol. The number of benzene rings is 1. The average Bonchev–Trinajstić information content (AvgIpc) is 2.71. The molecular formula is C15H21N3O. The molecule has 1 aromatic carbocycles. The van der Waals surface area contributed by atoms with Crippen molar-refractivity contribution in [3.05, 3.63) is 35.3 Å². The molecule has 0 aliphatic carbocycles. The second-order valence-corrected chi connectivity index (χ2v) is 4.85. The van der Waals surface area contributed by atoms with E-state index in [2.05, 4.69) is 31.0 Å². The average molecular weight is 259 g/mol. The van der Waals surface area contributed by atoms with Crippen LogP contribution in [0.5, 0.6) is 5.75 Å². The predicted molar refractivity (Wildman–Crippen MR) is 77.4 cm³/mol. The third-order valence-electron chi connectivity index (χ3n) is 3.32. The zero-order valence-corrected chi connectivity index (χ0v) is 12.0. The quantitative estimate of drug-likeness (QED) is 0.916. The van der Waals surface area contributed by atoms with Gasteiger partial charge in [0.25, 0.3) is 0 Å². The molecule has 2 rings (SSSR count). The topological polar surface area (TPSA) is 53.1 Å². The fourth-order valence-electron chi connectivity index (χ4n) is 2.51. The van der Waals surface area contributed by atoms with Crippen molar-refractivity contribution in [2.24, 2.45) is 12.8 Å². The number of ether oxygens (including phenoxy) is 1. The van der Waals surface area contributed by atoms with Gasteiger partial charge in [0.2, 0.25) is 0 Å². The normalized spacial score (nSPS) is 10.8. The molecule has 0 amide bonds. The lowest BCUT2D eigenvalue weighted by Crippen LogP contribution is -2.07. The third kappa shape index (κ3) is 2.49. The first-order chi connectivity index (χ1) is 9.08.